The van der Waals surface area contributed by atoms with Gasteiger partial charge >= 0.3 is 5.97 Å². The third-order valence-corrected chi connectivity index (χ3v) is 1.88. The van der Waals surface area contributed by atoms with Crippen LogP contribution in [-0.4, -0.2) is 21.2 Å². The molecule has 0 spiro atoms. The standard InChI is InChI=1S/C10H9N3O3/c14-10(15)9-12-8(16-13-9)6-11-7-4-2-1-3-5-7/h1-5,11H,6H2,(H,14,15). The van der Waals surface area contributed by atoms with Crippen LogP contribution in [0.2, 0.25) is 0 Å². The number of hydrogen-bond donors (Lipinski definition) is 2. The second-order valence-corrected chi connectivity index (χ2v) is 3.04. The van der Waals surface area contributed by atoms with Gasteiger partial charge in [0.25, 0.3) is 5.82 Å². The van der Waals surface area contributed by atoms with E-state index in [9.17, 15) is 4.79 Å². The van der Waals surface area contributed by atoms with Crippen LogP contribution in [0.4, 0.5) is 5.69 Å². The molecule has 0 saturated heterocycles. The number of para-hydroxylation sites is 1. The lowest BCUT2D eigenvalue weighted by Gasteiger charge is -2.01. The highest BCUT2D eigenvalue weighted by molar-refractivity contribution is 5.82. The Bertz CT molecular complexity index is 481. The van der Waals surface area contributed by atoms with Gasteiger partial charge in [-0.15, -0.1) is 0 Å². The van der Waals surface area contributed by atoms with E-state index in [1.165, 1.54) is 0 Å². The Kier molecular flexibility index (Phi) is 2.81. The van der Waals surface area contributed by atoms with E-state index < -0.39 is 5.97 Å². The molecule has 6 heteroatoms. The maximum atomic E-state index is 10.5. The van der Waals surface area contributed by atoms with E-state index in [0.717, 1.165) is 5.69 Å². The van der Waals surface area contributed by atoms with Gasteiger partial charge in [-0.1, -0.05) is 18.2 Å². The Morgan fingerprint density at radius 3 is 2.75 bits per heavy atom. The molecule has 1 aromatic carbocycles. The number of benzene rings is 1. The number of carbonyl (C=O) groups is 1. The molecule has 0 amide bonds. The smallest absolute Gasteiger partial charge is 0.377 e. The summed E-state index contributed by atoms with van der Waals surface area (Å²) in [5.74, 6) is -1.29. The molecular formula is C10H9N3O3. The zero-order chi connectivity index (χ0) is 11.4. The molecule has 0 unspecified atom stereocenters. The summed E-state index contributed by atoms with van der Waals surface area (Å²) in [6.45, 7) is 0.296. The highest BCUT2D eigenvalue weighted by Gasteiger charge is 2.12. The van der Waals surface area contributed by atoms with Gasteiger partial charge in [-0.3, -0.25) is 0 Å². The number of nitrogens with one attached hydrogen (secondary N) is 1. The fraction of sp³-hybridized carbons (Fsp3) is 0.100. The van der Waals surface area contributed by atoms with E-state index in [1.807, 2.05) is 30.3 Å². The second kappa shape index (κ2) is 4.43. The molecule has 0 aliphatic rings. The van der Waals surface area contributed by atoms with Crippen LogP contribution >= 0.6 is 0 Å². The third-order valence-electron chi connectivity index (χ3n) is 1.88. The Labute approximate surface area is 90.9 Å². The quantitative estimate of drug-likeness (QED) is 0.807. The Balaban J connectivity index is 1.97. The number of aromatic nitrogens is 2. The summed E-state index contributed by atoms with van der Waals surface area (Å²) >= 11 is 0. The lowest BCUT2D eigenvalue weighted by molar-refractivity contribution is 0.0680. The number of anilines is 1. The second-order valence-electron chi connectivity index (χ2n) is 3.04. The van der Waals surface area contributed by atoms with E-state index in [-0.39, 0.29) is 11.7 Å². The van der Waals surface area contributed by atoms with Gasteiger partial charge in [-0.05, 0) is 17.3 Å². The molecule has 1 aromatic heterocycles. The van der Waals surface area contributed by atoms with E-state index in [1.54, 1.807) is 0 Å². The Morgan fingerprint density at radius 2 is 2.12 bits per heavy atom. The SMILES string of the molecule is O=C(O)c1noc(CNc2ccccc2)n1. The predicted molar refractivity (Wildman–Crippen MR) is 55.0 cm³/mol. The van der Waals surface area contributed by atoms with Crippen molar-refractivity contribution in [3.8, 4) is 0 Å². The fourth-order valence-electron chi connectivity index (χ4n) is 1.15. The number of rotatable bonds is 4. The lowest BCUT2D eigenvalue weighted by Crippen LogP contribution is -2.01. The van der Waals surface area contributed by atoms with Crippen molar-refractivity contribution >= 4 is 11.7 Å². The van der Waals surface area contributed by atoms with Crippen molar-refractivity contribution in [3.63, 3.8) is 0 Å². The first-order valence-corrected chi connectivity index (χ1v) is 4.60. The zero-order valence-electron chi connectivity index (χ0n) is 8.25. The van der Waals surface area contributed by atoms with Crippen LogP contribution in [0.15, 0.2) is 34.9 Å². The molecular weight excluding hydrogens is 210 g/mol. The van der Waals surface area contributed by atoms with Gasteiger partial charge in [-0.2, -0.15) is 4.98 Å². The van der Waals surface area contributed by atoms with Gasteiger partial charge in [-0.25, -0.2) is 4.79 Å². The molecule has 6 nitrogen and oxygen atoms in total. The van der Waals surface area contributed by atoms with Crippen molar-refractivity contribution in [1.82, 2.24) is 10.1 Å². The van der Waals surface area contributed by atoms with Crippen molar-refractivity contribution in [2.75, 3.05) is 5.32 Å². The van der Waals surface area contributed by atoms with Gasteiger partial charge in [0.2, 0.25) is 5.89 Å². The van der Waals surface area contributed by atoms with Crippen LogP contribution in [0, 0.1) is 0 Å². The first-order chi connectivity index (χ1) is 7.75. The molecule has 16 heavy (non-hydrogen) atoms. The number of hydrogen-bond acceptors (Lipinski definition) is 5. The molecule has 2 N–H and O–H groups in total. The Morgan fingerprint density at radius 1 is 1.38 bits per heavy atom. The average molecular weight is 219 g/mol. The molecule has 0 fully saturated rings. The summed E-state index contributed by atoms with van der Waals surface area (Å²) in [7, 11) is 0. The fourth-order valence-corrected chi connectivity index (χ4v) is 1.15. The number of aromatic carboxylic acids is 1. The van der Waals surface area contributed by atoms with Crippen LogP contribution in [0.3, 0.4) is 0 Å². The van der Waals surface area contributed by atoms with Gasteiger partial charge < -0.3 is 14.9 Å². The summed E-state index contributed by atoms with van der Waals surface area (Å²) < 4.78 is 4.74. The number of nitrogens with zero attached hydrogens (tertiary/aromatic N) is 2. The molecule has 0 aliphatic heterocycles. The zero-order valence-corrected chi connectivity index (χ0v) is 8.25. The lowest BCUT2D eigenvalue weighted by atomic mass is 10.3. The first kappa shape index (κ1) is 10.2. The summed E-state index contributed by atoms with van der Waals surface area (Å²) in [5, 5.41) is 14.9. The molecule has 0 radical (unpaired) electrons. The van der Waals surface area contributed by atoms with Gasteiger partial charge in [0, 0.05) is 5.69 Å². The largest absolute Gasteiger partial charge is 0.475 e. The molecule has 0 bridgehead atoms. The van der Waals surface area contributed by atoms with Gasteiger partial charge in [0.1, 0.15) is 0 Å². The van der Waals surface area contributed by atoms with E-state index in [0.29, 0.717) is 6.54 Å². The Hall–Kier alpha value is -2.37. The minimum absolute atomic E-state index is 0.237. The molecule has 2 rings (SSSR count). The maximum Gasteiger partial charge on any atom is 0.377 e. The van der Waals surface area contributed by atoms with Gasteiger partial charge in [0.05, 0.1) is 6.54 Å². The van der Waals surface area contributed by atoms with Gasteiger partial charge in [0.15, 0.2) is 0 Å². The number of carboxylic acid groups (broad SMARTS) is 1. The molecule has 0 aliphatic carbocycles. The van der Waals surface area contributed by atoms with Crippen molar-refractivity contribution in [2.24, 2.45) is 0 Å². The minimum atomic E-state index is -1.20. The van der Waals surface area contributed by atoms with Crippen LogP contribution in [0.1, 0.15) is 16.5 Å². The van der Waals surface area contributed by atoms with Crippen LogP contribution in [-0.2, 0) is 6.54 Å². The summed E-state index contributed by atoms with van der Waals surface area (Å²) in [6.07, 6.45) is 0. The highest BCUT2D eigenvalue weighted by Crippen LogP contribution is 2.07. The summed E-state index contributed by atoms with van der Waals surface area (Å²) in [4.78, 5) is 14.2. The van der Waals surface area contributed by atoms with E-state index in [2.05, 4.69) is 15.5 Å². The summed E-state index contributed by atoms with van der Waals surface area (Å²) in [6, 6.07) is 9.45. The number of carboxylic acids is 1. The average Bonchev–Trinajstić information content (AvgIpc) is 2.76. The van der Waals surface area contributed by atoms with Crippen LogP contribution in [0.25, 0.3) is 0 Å². The predicted octanol–water partition coefficient (Wildman–Crippen LogP) is 1.38. The molecule has 0 saturated carbocycles. The van der Waals surface area contributed by atoms with Crippen LogP contribution < -0.4 is 5.32 Å². The van der Waals surface area contributed by atoms with E-state index in [4.69, 9.17) is 9.63 Å². The molecule has 82 valence electrons. The monoisotopic (exact) mass is 219 g/mol. The van der Waals surface area contributed by atoms with Crippen LogP contribution in [0.5, 0.6) is 0 Å². The topological polar surface area (TPSA) is 88.2 Å². The van der Waals surface area contributed by atoms with Crippen molar-refractivity contribution in [1.29, 1.82) is 0 Å². The summed E-state index contributed by atoms with van der Waals surface area (Å²) in [5.41, 5.74) is 0.901. The molecule has 1 heterocycles. The maximum absolute atomic E-state index is 10.5. The highest BCUT2D eigenvalue weighted by atomic mass is 16.5. The van der Waals surface area contributed by atoms with Crippen molar-refractivity contribution in [3.05, 3.63) is 42.0 Å². The third kappa shape index (κ3) is 2.35. The van der Waals surface area contributed by atoms with Crippen molar-refractivity contribution in [2.45, 2.75) is 6.54 Å². The molecule has 0 atom stereocenters. The normalized spacial score (nSPS) is 10.0. The first-order valence-electron chi connectivity index (χ1n) is 4.60. The minimum Gasteiger partial charge on any atom is -0.475 e. The van der Waals surface area contributed by atoms with Crippen molar-refractivity contribution < 1.29 is 14.4 Å². The van der Waals surface area contributed by atoms with E-state index >= 15 is 0 Å². The molecule has 2 aromatic rings.